The van der Waals surface area contributed by atoms with Crippen molar-refractivity contribution in [3.63, 3.8) is 0 Å². The van der Waals surface area contributed by atoms with E-state index < -0.39 is 35.6 Å². The van der Waals surface area contributed by atoms with E-state index in [1.54, 1.807) is 82.5 Å². The molecule has 0 heterocycles. The number of benzene rings is 2. The van der Waals surface area contributed by atoms with Crippen molar-refractivity contribution in [3.05, 3.63) is 72.3 Å². The third kappa shape index (κ3) is 8.92. The number of carbonyl (C=O) groups is 3. The molecule has 8 heteroatoms. The second kappa shape index (κ2) is 14.1. The van der Waals surface area contributed by atoms with Gasteiger partial charge in [0, 0.05) is 17.8 Å². The van der Waals surface area contributed by atoms with Crippen molar-refractivity contribution in [2.24, 2.45) is 5.92 Å². The molecule has 208 valence electrons. The average molecular weight is 534 g/mol. The van der Waals surface area contributed by atoms with Gasteiger partial charge in [0.25, 0.3) is 5.91 Å². The summed E-state index contributed by atoms with van der Waals surface area (Å²) in [5.41, 5.74) is 0.976. The summed E-state index contributed by atoms with van der Waals surface area (Å²) in [7, 11) is 1.56. The molecule has 0 spiro atoms. The van der Waals surface area contributed by atoms with Gasteiger partial charge in [-0.1, -0.05) is 44.4 Å². The summed E-state index contributed by atoms with van der Waals surface area (Å²) in [6.45, 7) is 12.9. The molecule has 0 aliphatic rings. The Balaban J connectivity index is 2.52. The quantitative estimate of drug-likeness (QED) is 0.301. The normalized spacial score (nSPS) is 13.2. The van der Waals surface area contributed by atoms with E-state index in [2.05, 4.69) is 23.1 Å². The van der Waals surface area contributed by atoms with Crippen molar-refractivity contribution in [1.29, 1.82) is 0 Å². The van der Waals surface area contributed by atoms with E-state index in [4.69, 9.17) is 15.9 Å². The second-order valence-corrected chi connectivity index (χ2v) is 10.2. The molecule has 0 aromatic heterocycles. The van der Waals surface area contributed by atoms with Gasteiger partial charge in [-0.3, -0.25) is 9.59 Å². The van der Waals surface area contributed by atoms with Crippen molar-refractivity contribution in [2.75, 3.05) is 19.0 Å². The van der Waals surface area contributed by atoms with Crippen molar-refractivity contribution in [2.45, 2.75) is 58.7 Å². The molecule has 2 aromatic rings. The lowest BCUT2D eigenvalue weighted by Crippen LogP contribution is -2.54. The Morgan fingerprint density at radius 3 is 2.21 bits per heavy atom. The smallest absolute Gasteiger partial charge is 0.408 e. The highest BCUT2D eigenvalue weighted by Gasteiger charge is 2.37. The van der Waals surface area contributed by atoms with Crippen molar-refractivity contribution in [1.82, 2.24) is 10.2 Å². The molecule has 0 aliphatic carbocycles. The zero-order chi connectivity index (χ0) is 29.2. The molecule has 0 radical (unpaired) electrons. The first-order valence-electron chi connectivity index (χ1n) is 12.9. The summed E-state index contributed by atoms with van der Waals surface area (Å²) >= 11 is 0. The van der Waals surface area contributed by atoms with E-state index in [9.17, 15) is 14.4 Å². The monoisotopic (exact) mass is 533 g/mol. The number of methoxy groups -OCH3 is 1. The van der Waals surface area contributed by atoms with Crippen LogP contribution in [0.25, 0.3) is 0 Å². The van der Waals surface area contributed by atoms with Gasteiger partial charge in [-0.2, -0.15) is 0 Å². The van der Waals surface area contributed by atoms with Crippen LogP contribution in [0, 0.1) is 18.3 Å². The predicted molar refractivity (Wildman–Crippen MR) is 153 cm³/mol. The third-order valence-corrected chi connectivity index (χ3v) is 6.07. The number of hydrogen-bond acceptors (Lipinski definition) is 5. The van der Waals surface area contributed by atoms with Crippen LogP contribution in [0.3, 0.4) is 0 Å². The van der Waals surface area contributed by atoms with Gasteiger partial charge in [0.15, 0.2) is 0 Å². The van der Waals surface area contributed by atoms with Crippen LogP contribution < -0.4 is 15.4 Å². The fraction of sp³-hybridized carbons (Fsp3) is 0.387. The molecule has 0 saturated carbocycles. The van der Waals surface area contributed by atoms with Crippen LogP contribution in [-0.2, 0) is 14.3 Å². The summed E-state index contributed by atoms with van der Waals surface area (Å²) in [6, 6.07) is 11.7. The van der Waals surface area contributed by atoms with Gasteiger partial charge in [0.05, 0.1) is 7.11 Å². The van der Waals surface area contributed by atoms with Crippen molar-refractivity contribution >= 4 is 23.6 Å². The van der Waals surface area contributed by atoms with Gasteiger partial charge < -0.3 is 25.0 Å². The van der Waals surface area contributed by atoms with Crippen LogP contribution in [0.15, 0.2) is 61.2 Å². The van der Waals surface area contributed by atoms with Crippen LogP contribution in [-0.4, -0.2) is 48.1 Å². The van der Waals surface area contributed by atoms with Crippen LogP contribution in [0.1, 0.15) is 58.2 Å². The number of hydrogen-bond donors (Lipinski definition) is 2. The van der Waals surface area contributed by atoms with Gasteiger partial charge >= 0.3 is 6.09 Å². The second-order valence-electron chi connectivity index (χ2n) is 10.2. The Morgan fingerprint density at radius 2 is 1.72 bits per heavy atom. The number of amides is 3. The number of carbonyl (C=O) groups excluding carboxylic acids is 3. The molecular formula is C31H39N3O5. The van der Waals surface area contributed by atoms with E-state index in [0.29, 0.717) is 29.0 Å². The topological polar surface area (TPSA) is 97.0 Å². The van der Waals surface area contributed by atoms with Crippen LogP contribution in [0.2, 0.25) is 0 Å². The molecular weight excluding hydrogens is 494 g/mol. The minimum absolute atomic E-state index is 0.0549. The van der Waals surface area contributed by atoms with E-state index in [1.165, 1.54) is 4.90 Å². The maximum Gasteiger partial charge on any atom is 0.408 e. The number of rotatable bonds is 11. The molecule has 2 N–H and O–H groups in total. The van der Waals surface area contributed by atoms with Crippen LogP contribution in [0.4, 0.5) is 10.5 Å². The van der Waals surface area contributed by atoms with Gasteiger partial charge in [0.1, 0.15) is 23.4 Å². The van der Waals surface area contributed by atoms with Crippen molar-refractivity contribution < 1.29 is 23.9 Å². The summed E-state index contributed by atoms with van der Waals surface area (Å²) in [5, 5.41) is 5.62. The SMILES string of the molecule is C#Cc1ccc(C(C(=O)Nc2ccc(OC)cc2)N(CC=C)C(=O)C(NC(=O)OC(C)(C)C)C(C)CC)cc1. The molecule has 2 rings (SSSR count). The summed E-state index contributed by atoms with van der Waals surface area (Å²) in [6.07, 6.45) is 6.96. The minimum Gasteiger partial charge on any atom is -0.497 e. The first-order valence-corrected chi connectivity index (χ1v) is 12.9. The molecule has 0 saturated heterocycles. The Labute approximate surface area is 231 Å². The van der Waals surface area contributed by atoms with Gasteiger partial charge in [-0.15, -0.1) is 13.0 Å². The predicted octanol–water partition coefficient (Wildman–Crippen LogP) is 5.31. The number of terminal acetylenes is 1. The molecule has 0 fully saturated rings. The number of anilines is 1. The van der Waals surface area contributed by atoms with Gasteiger partial charge in [-0.05, 0) is 68.7 Å². The maximum absolute atomic E-state index is 14.1. The minimum atomic E-state index is -1.04. The first-order chi connectivity index (χ1) is 18.4. The molecule has 3 amide bonds. The average Bonchev–Trinajstić information content (AvgIpc) is 2.90. The van der Waals surface area contributed by atoms with E-state index >= 15 is 0 Å². The highest BCUT2D eigenvalue weighted by Crippen LogP contribution is 2.27. The molecule has 0 bridgehead atoms. The third-order valence-electron chi connectivity index (χ3n) is 6.07. The Kier molecular flexibility index (Phi) is 11.2. The highest BCUT2D eigenvalue weighted by molar-refractivity contribution is 5.99. The summed E-state index contributed by atoms with van der Waals surface area (Å²) in [4.78, 5) is 42.0. The standard InChI is InChI=1S/C31H39N3O5/c1-9-20-34(29(36)26(21(4)10-2)33-30(37)39-31(5,6)7)27(23-14-12-22(11-3)13-15-23)28(35)32-24-16-18-25(38-8)19-17-24/h3,9,12-19,21,26-27H,1,10,20H2,2,4-8H3,(H,32,35)(H,33,37). The lowest BCUT2D eigenvalue weighted by atomic mass is 9.95. The highest BCUT2D eigenvalue weighted by atomic mass is 16.6. The zero-order valence-corrected chi connectivity index (χ0v) is 23.6. The fourth-order valence-corrected chi connectivity index (χ4v) is 3.88. The number of nitrogens with one attached hydrogen (secondary N) is 2. The van der Waals surface area contributed by atoms with E-state index in [-0.39, 0.29) is 12.5 Å². The molecule has 3 unspecified atom stereocenters. The fourth-order valence-electron chi connectivity index (χ4n) is 3.88. The Bertz CT molecular complexity index is 1180. The maximum atomic E-state index is 14.1. The molecule has 8 nitrogen and oxygen atoms in total. The van der Waals surface area contributed by atoms with Crippen LogP contribution in [0.5, 0.6) is 5.75 Å². The number of nitrogens with zero attached hydrogens (tertiary/aromatic N) is 1. The Hall–Kier alpha value is -4.25. The molecule has 0 aliphatic heterocycles. The summed E-state index contributed by atoms with van der Waals surface area (Å²) < 4.78 is 10.6. The van der Waals surface area contributed by atoms with Gasteiger partial charge in [0.2, 0.25) is 5.91 Å². The van der Waals surface area contributed by atoms with Crippen molar-refractivity contribution in [3.8, 4) is 18.1 Å². The number of ether oxygens (including phenoxy) is 2. The lowest BCUT2D eigenvalue weighted by Gasteiger charge is -2.35. The van der Waals surface area contributed by atoms with Gasteiger partial charge in [-0.25, -0.2) is 4.79 Å². The van der Waals surface area contributed by atoms with E-state index in [1.807, 2.05) is 13.8 Å². The zero-order valence-electron chi connectivity index (χ0n) is 23.6. The first kappa shape index (κ1) is 31.0. The van der Waals surface area contributed by atoms with Crippen LogP contribution >= 0.6 is 0 Å². The largest absolute Gasteiger partial charge is 0.497 e. The Morgan fingerprint density at radius 1 is 1.10 bits per heavy atom. The van der Waals surface area contributed by atoms with E-state index in [0.717, 1.165) is 0 Å². The molecule has 2 aromatic carbocycles. The summed E-state index contributed by atoms with van der Waals surface area (Å²) in [5.74, 6) is 2.08. The molecule has 3 atom stereocenters. The molecule has 39 heavy (non-hydrogen) atoms. The lowest BCUT2D eigenvalue weighted by molar-refractivity contribution is -0.141. The number of alkyl carbamates (subject to hydrolysis) is 1.